The molecule has 0 saturated carbocycles. The van der Waals surface area contributed by atoms with Crippen molar-refractivity contribution in [2.45, 2.75) is 72.1 Å². The van der Waals surface area contributed by atoms with Crippen LogP contribution in [-0.2, 0) is 0 Å². The highest BCUT2D eigenvalue weighted by atomic mass is 15.1. The molecule has 0 N–H and O–H groups in total. The van der Waals surface area contributed by atoms with Gasteiger partial charge in [-0.2, -0.15) is 0 Å². The lowest BCUT2D eigenvalue weighted by Gasteiger charge is -2.46. The Balaban J connectivity index is 2.05. The first-order chi connectivity index (χ1) is 11.5. The van der Waals surface area contributed by atoms with E-state index < -0.39 is 0 Å². The van der Waals surface area contributed by atoms with Gasteiger partial charge in [0, 0.05) is 24.2 Å². The fraction of sp³-hybridized carbons (Fsp3) is 0.652. The van der Waals surface area contributed by atoms with Crippen LogP contribution in [0.25, 0.3) is 0 Å². The maximum absolute atomic E-state index is 4.48. The summed E-state index contributed by atoms with van der Waals surface area (Å²) in [4.78, 5) is 2.57. The zero-order valence-corrected chi connectivity index (χ0v) is 16.2. The largest absolute Gasteiger partial charge is 0.375 e. The van der Waals surface area contributed by atoms with Gasteiger partial charge in [-0.3, -0.25) is 0 Å². The third kappa shape index (κ3) is 4.05. The van der Waals surface area contributed by atoms with E-state index in [-0.39, 0.29) is 5.41 Å². The summed E-state index contributed by atoms with van der Waals surface area (Å²) in [6.45, 7) is 17.9. The van der Waals surface area contributed by atoms with Crippen LogP contribution in [0.15, 0.2) is 48.2 Å². The van der Waals surface area contributed by atoms with Crippen LogP contribution in [0.4, 0.5) is 0 Å². The summed E-state index contributed by atoms with van der Waals surface area (Å²) in [7, 11) is 0. The standard InChI is InChI=1S/C23H37N/c1-6-8-12-21(7-2)20(5)24-17-15-23(16-18-24,19(3)4)22-13-10-9-11-14-22/h10,13-14,21H,3,5-9,11-12,15-18H2,1-2,4H3. The molecule has 1 saturated heterocycles. The van der Waals surface area contributed by atoms with Gasteiger partial charge < -0.3 is 4.90 Å². The molecule has 0 bridgehead atoms. The number of likely N-dealkylation sites (tertiary alicyclic amines) is 1. The van der Waals surface area contributed by atoms with Crippen molar-refractivity contribution in [3.05, 3.63) is 48.2 Å². The minimum absolute atomic E-state index is 0.193. The number of rotatable bonds is 8. The third-order valence-electron chi connectivity index (χ3n) is 6.26. The summed E-state index contributed by atoms with van der Waals surface area (Å²) in [6, 6.07) is 0. The van der Waals surface area contributed by atoms with E-state index in [9.17, 15) is 0 Å². The second-order valence-electron chi connectivity index (χ2n) is 7.73. The molecule has 1 heteroatoms. The first kappa shape index (κ1) is 19.1. The van der Waals surface area contributed by atoms with Gasteiger partial charge in [0.1, 0.15) is 0 Å². The fourth-order valence-corrected chi connectivity index (χ4v) is 4.42. The Kier molecular flexibility index (Phi) is 6.95. The summed E-state index contributed by atoms with van der Waals surface area (Å²) in [6.07, 6.45) is 17.0. The Morgan fingerprint density at radius 1 is 1.21 bits per heavy atom. The van der Waals surface area contributed by atoms with Gasteiger partial charge in [0.25, 0.3) is 0 Å². The molecule has 0 aromatic carbocycles. The Morgan fingerprint density at radius 2 is 1.92 bits per heavy atom. The molecule has 1 heterocycles. The number of allylic oxidation sites excluding steroid dienone is 6. The Morgan fingerprint density at radius 3 is 2.42 bits per heavy atom. The van der Waals surface area contributed by atoms with Crippen LogP contribution < -0.4 is 0 Å². The minimum atomic E-state index is 0.193. The van der Waals surface area contributed by atoms with Crippen molar-refractivity contribution in [1.29, 1.82) is 0 Å². The van der Waals surface area contributed by atoms with Crippen LogP contribution in [-0.4, -0.2) is 18.0 Å². The SMILES string of the molecule is C=C(C(CC)CCCC)N1CCC(C(=C)C)(C2=CCCC=C2)CC1. The smallest absolute Gasteiger partial charge is 0.0186 e. The maximum Gasteiger partial charge on any atom is 0.0186 e. The van der Waals surface area contributed by atoms with E-state index in [1.54, 1.807) is 0 Å². The highest BCUT2D eigenvalue weighted by Crippen LogP contribution is 2.46. The monoisotopic (exact) mass is 327 g/mol. The number of hydrogen-bond donors (Lipinski definition) is 0. The van der Waals surface area contributed by atoms with Crippen molar-refractivity contribution in [1.82, 2.24) is 4.90 Å². The van der Waals surface area contributed by atoms with Gasteiger partial charge >= 0.3 is 0 Å². The van der Waals surface area contributed by atoms with Crippen molar-refractivity contribution in [3.63, 3.8) is 0 Å². The lowest BCUT2D eigenvalue weighted by Crippen LogP contribution is -2.42. The van der Waals surface area contributed by atoms with Gasteiger partial charge in [0.15, 0.2) is 0 Å². The normalized spacial score (nSPS) is 21.3. The molecule has 1 nitrogen and oxygen atoms in total. The Labute approximate surface area is 150 Å². The quantitative estimate of drug-likeness (QED) is 0.451. The van der Waals surface area contributed by atoms with Gasteiger partial charge in [-0.15, -0.1) is 0 Å². The van der Waals surface area contributed by atoms with E-state index in [1.165, 1.54) is 68.2 Å². The summed E-state index contributed by atoms with van der Waals surface area (Å²) in [5, 5.41) is 0. The maximum atomic E-state index is 4.48. The molecular formula is C23H37N. The van der Waals surface area contributed by atoms with Gasteiger partial charge in [0.05, 0.1) is 0 Å². The Hall–Kier alpha value is -1.24. The average Bonchev–Trinajstić information content (AvgIpc) is 2.62. The van der Waals surface area contributed by atoms with E-state index in [4.69, 9.17) is 0 Å². The molecule has 0 spiro atoms. The molecule has 1 aliphatic carbocycles. The highest BCUT2D eigenvalue weighted by molar-refractivity contribution is 5.37. The third-order valence-corrected chi connectivity index (χ3v) is 6.26. The Bertz CT molecular complexity index is 500. The van der Waals surface area contributed by atoms with Gasteiger partial charge in [-0.25, -0.2) is 0 Å². The zero-order chi connectivity index (χ0) is 17.6. The second kappa shape index (κ2) is 8.74. The van der Waals surface area contributed by atoms with Gasteiger partial charge in [-0.1, -0.05) is 63.6 Å². The van der Waals surface area contributed by atoms with E-state index in [0.29, 0.717) is 5.92 Å². The predicted octanol–water partition coefficient (Wildman–Crippen LogP) is 6.65. The molecule has 1 atom stereocenters. The molecule has 1 unspecified atom stereocenters. The summed E-state index contributed by atoms with van der Waals surface area (Å²) in [5.74, 6) is 0.663. The molecule has 1 aliphatic heterocycles. The molecule has 0 aromatic rings. The molecule has 134 valence electrons. The minimum Gasteiger partial charge on any atom is -0.375 e. The van der Waals surface area contributed by atoms with Crippen molar-refractivity contribution in [2.24, 2.45) is 11.3 Å². The number of piperidine rings is 1. The van der Waals surface area contributed by atoms with Gasteiger partial charge in [0.2, 0.25) is 0 Å². The van der Waals surface area contributed by atoms with Crippen LogP contribution in [0, 0.1) is 11.3 Å². The summed E-state index contributed by atoms with van der Waals surface area (Å²) in [5.41, 5.74) is 4.43. The second-order valence-corrected chi connectivity index (χ2v) is 7.73. The predicted molar refractivity (Wildman–Crippen MR) is 107 cm³/mol. The molecule has 2 aliphatic rings. The van der Waals surface area contributed by atoms with Crippen LogP contribution in [0.1, 0.15) is 72.1 Å². The van der Waals surface area contributed by atoms with Crippen molar-refractivity contribution < 1.29 is 0 Å². The van der Waals surface area contributed by atoms with E-state index in [0.717, 1.165) is 13.1 Å². The number of hydrogen-bond acceptors (Lipinski definition) is 1. The molecule has 0 aromatic heterocycles. The lowest BCUT2D eigenvalue weighted by molar-refractivity contribution is 0.174. The number of unbranched alkanes of at least 4 members (excludes halogenated alkanes) is 1. The summed E-state index contributed by atoms with van der Waals surface area (Å²) >= 11 is 0. The van der Waals surface area contributed by atoms with E-state index in [2.05, 4.69) is 57.1 Å². The van der Waals surface area contributed by atoms with Crippen LogP contribution in [0.3, 0.4) is 0 Å². The molecule has 1 fully saturated rings. The summed E-state index contributed by atoms with van der Waals surface area (Å²) < 4.78 is 0. The first-order valence-electron chi connectivity index (χ1n) is 10.0. The topological polar surface area (TPSA) is 3.24 Å². The lowest BCUT2D eigenvalue weighted by atomic mass is 9.67. The van der Waals surface area contributed by atoms with Crippen LogP contribution >= 0.6 is 0 Å². The first-order valence-corrected chi connectivity index (χ1v) is 10.0. The van der Waals surface area contributed by atoms with Crippen molar-refractivity contribution >= 4 is 0 Å². The molecule has 0 radical (unpaired) electrons. The average molecular weight is 328 g/mol. The zero-order valence-electron chi connectivity index (χ0n) is 16.2. The van der Waals surface area contributed by atoms with E-state index in [1.807, 2.05) is 0 Å². The number of nitrogens with zero attached hydrogens (tertiary/aromatic N) is 1. The fourth-order valence-electron chi connectivity index (χ4n) is 4.42. The van der Waals surface area contributed by atoms with E-state index >= 15 is 0 Å². The van der Waals surface area contributed by atoms with Gasteiger partial charge in [-0.05, 0) is 56.9 Å². The van der Waals surface area contributed by atoms with Crippen LogP contribution in [0.5, 0.6) is 0 Å². The molecule has 24 heavy (non-hydrogen) atoms. The van der Waals surface area contributed by atoms with Crippen molar-refractivity contribution in [3.8, 4) is 0 Å². The molecule has 2 rings (SSSR count). The highest BCUT2D eigenvalue weighted by Gasteiger charge is 2.38. The van der Waals surface area contributed by atoms with Crippen LogP contribution in [0.2, 0.25) is 0 Å². The van der Waals surface area contributed by atoms with Crippen molar-refractivity contribution in [2.75, 3.05) is 13.1 Å². The molecule has 0 amide bonds. The molecular weight excluding hydrogens is 290 g/mol.